The van der Waals surface area contributed by atoms with Gasteiger partial charge in [-0.25, -0.2) is 8.42 Å². The fraction of sp³-hybridized carbons (Fsp3) is 0.375. The summed E-state index contributed by atoms with van der Waals surface area (Å²) in [6, 6.07) is 20.7. The van der Waals surface area contributed by atoms with Crippen molar-refractivity contribution in [2.75, 3.05) is 23.7 Å². The Morgan fingerprint density at radius 1 is 0.927 bits per heavy atom. The number of sulfonamides is 1. The Bertz CT molecular complexity index is 1420. The molecule has 0 heterocycles. The summed E-state index contributed by atoms with van der Waals surface area (Å²) in [4.78, 5) is 30.0. The smallest absolute Gasteiger partial charge is 0.264 e. The van der Waals surface area contributed by atoms with Gasteiger partial charge in [0.15, 0.2) is 0 Å². The Hall–Kier alpha value is -3.30. The lowest BCUT2D eigenvalue weighted by Crippen LogP contribution is -2.52. The molecule has 3 aromatic rings. The third kappa shape index (κ3) is 8.60. The number of hydrogen-bond acceptors (Lipinski definition) is 5. The summed E-state index contributed by atoms with van der Waals surface area (Å²) in [5, 5.41) is 2.96. The third-order valence-corrected chi connectivity index (χ3v) is 9.29. The Balaban J connectivity index is 2.04. The Labute approximate surface area is 249 Å². The number of carbonyl (C=O) groups excluding carboxylic acids is 2. The van der Waals surface area contributed by atoms with Gasteiger partial charge in [-0.2, -0.15) is 0 Å². The summed E-state index contributed by atoms with van der Waals surface area (Å²) in [6.45, 7) is 9.97. The molecule has 2 amide bonds. The zero-order valence-corrected chi connectivity index (χ0v) is 26.4. The first-order valence-electron chi connectivity index (χ1n) is 13.8. The van der Waals surface area contributed by atoms with Crippen molar-refractivity contribution >= 4 is 39.3 Å². The molecular formula is C32H41N3O4S2. The van der Waals surface area contributed by atoms with Crippen molar-refractivity contribution in [2.45, 2.75) is 63.4 Å². The van der Waals surface area contributed by atoms with Gasteiger partial charge in [0.2, 0.25) is 11.8 Å². The molecule has 0 aliphatic heterocycles. The Morgan fingerprint density at radius 3 is 2.15 bits per heavy atom. The highest BCUT2D eigenvalue weighted by Crippen LogP contribution is 2.27. The van der Waals surface area contributed by atoms with Crippen molar-refractivity contribution in [1.82, 2.24) is 10.2 Å². The van der Waals surface area contributed by atoms with E-state index in [0.717, 1.165) is 25.9 Å². The first-order chi connectivity index (χ1) is 19.5. The first kappa shape index (κ1) is 32.2. The van der Waals surface area contributed by atoms with Crippen LogP contribution in [0.5, 0.6) is 0 Å². The second kappa shape index (κ2) is 14.5. The summed E-state index contributed by atoms with van der Waals surface area (Å²) in [7, 11) is -4.10. The summed E-state index contributed by atoms with van der Waals surface area (Å²) in [5.41, 5.74) is 3.25. The number of nitrogens with one attached hydrogen (secondary N) is 1. The molecule has 0 bridgehead atoms. The molecule has 0 radical (unpaired) electrons. The first-order valence-corrected chi connectivity index (χ1v) is 16.5. The van der Waals surface area contributed by atoms with E-state index in [1.54, 1.807) is 36.4 Å². The zero-order valence-electron chi connectivity index (χ0n) is 24.8. The van der Waals surface area contributed by atoms with Gasteiger partial charge in [0.25, 0.3) is 10.0 Å². The minimum Gasteiger partial charge on any atom is -0.354 e. The summed E-state index contributed by atoms with van der Waals surface area (Å²) in [5.74, 6) is -0.459. The van der Waals surface area contributed by atoms with Gasteiger partial charge in [0, 0.05) is 18.0 Å². The van der Waals surface area contributed by atoms with E-state index in [2.05, 4.69) is 5.32 Å². The normalized spacial score (nSPS) is 12.2. The van der Waals surface area contributed by atoms with E-state index in [1.807, 2.05) is 77.3 Å². The van der Waals surface area contributed by atoms with E-state index in [4.69, 9.17) is 0 Å². The summed E-state index contributed by atoms with van der Waals surface area (Å²) >= 11 is 1.52. The van der Waals surface area contributed by atoms with Crippen LogP contribution in [0, 0.1) is 19.8 Å². The van der Waals surface area contributed by atoms with Gasteiger partial charge < -0.3 is 10.2 Å². The van der Waals surface area contributed by atoms with E-state index in [-0.39, 0.29) is 23.3 Å². The molecule has 0 spiro atoms. The van der Waals surface area contributed by atoms with Crippen molar-refractivity contribution < 1.29 is 18.0 Å². The fourth-order valence-electron chi connectivity index (χ4n) is 4.46. The van der Waals surface area contributed by atoms with Gasteiger partial charge in [0.1, 0.15) is 12.6 Å². The molecule has 0 fully saturated rings. The lowest BCUT2D eigenvalue weighted by molar-refractivity contribution is -0.140. The van der Waals surface area contributed by atoms with Crippen molar-refractivity contribution in [3.8, 4) is 0 Å². The van der Waals surface area contributed by atoms with Crippen LogP contribution < -0.4 is 9.62 Å². The van der Waals surface area contributed by atoms with E-state index in [1.165, 1.54) is 16.7 Å². The minimum absolute atomic E-state index is 0.0932. The topological polar surface area (TPSA) is 86.8 Å². The fourth-order valence-corrected chi connectivity index (χ4v) is 6.29. The number of carbonyl (C=O) groups is 2. The molecule has 9 heteroatoms. The van der Waals surface area contributed by atoms with Crippen LogP contribution in [0.4, 0.5) is 5.69 Å². The molecule has 1 N–H and O–H groups in total. The van der Waals surface area contributed by atoms with Crippen LogP contribution in [-0.2, 0) is 26.2 Å². The SMILES string of the molecule is CC[C@H](C(=O)NCC(C)C)N(Cc1cccc(C)c1)C(=O)CN(c1ccc(C)cc1)S(=O)(=O)c1ccc(SC)cc1. The van der Waals surface area contributed by atoms with Crippen molar-refractivity contribution in [1.29, 1.82) is 0 Å². The number of nitrogens with zero attached hydrogens (tertiary/aromatic N) is 2. The Kier molecular flexibility index (Phi) is 11.4. The van der Waals surface area contributed by atoms with Gasteiger partial charge in [-0.3, -0.25) is 13.9 Å². The molecular weight excluding hydrogens is 555 g/mol. The van der Waals surface area contributed by atoms with Gasteiger partial charge >= 0.3 is 0 Å². The molecule has 1 atom stereocenters. The standard InChI is InChI=1S/C32H41N3O4S2/c1-7-30(32(37)33-20-23(2)3)34(21-26-10-8-9-25(5)19-26)31(36)22-35(27-13-11-24(4)12-14-27)41(38,39)29-17-15-28(40-6)16-18-29/h8-19,23,30H,7,20-22H2,1-6H3,(H,33,37)/t30-/m1/s1. The van der Waals surface area contributed by atoms with E-state index >= 15 is 0 Å². The lowest BCUT2D eigenvalue weighted by Gasteiger charge is -2.33. The molecule has 7 nitrogen and oxygen atoms in total. The predicted octanol–water partition coefficient (Wildman–Crippen LogP) is 5.80. The molecule has 0 saturated heterocycles. The van der Waals surface area contributed by atoms with Gasteiger partial charge in [-0.1, -0.05) is 68.3 Å². The number of rotatable bonds is 13. The molecule has 3 aromatic carbocycles. The predicted molar refractivity (Wildman–Crippen MR) is 168 cm³/mol. The van der Waals surface area contributed by atoms with Crippen LogP contribution >= 0.6 is 11.8 Å². The van der Waals surface area contributed by atoms with Gasteiger partial charge in [-0.15, -0.1) is 11.8 Å². The number of thioether (sulfide) groups is 1. The quantitative estimate of drug-likeness (QED) is 0.253. The van der Waals surface area contributed by atoms with Crippen LogP contribution in [0.3, 0.4) is 0 Å². The van der Waals surface area contributed by atoms with Gasteiger partial charge in [0.05, 0.1) is 10.6 Å². The Morgan fingerprint density at radius 2 is 1.59 bits per heavy atom. The van der Waals surface area contributed by atoms with E-state index in [9.17, 15) is 18.0 Å². The van der Waals surface area contributed by atoms with Crippen LogP contribution in [0.15, 0.2) is 82.6 Å². The van der Waals surface area contributed by atoms with Crippen LogP contribution in [0.25, 0.3) is 0 Å². The second-order valence-corrected chi connectivity index (χ2v) is 13.3. The maximum absolute atomic E-state index is 14.1. The van der Waals surface area contributed by atoms with Crippen LogP contribution in [0.1, 0.15) is 43.9 Å². The maximum atomic E-state index is 14.1. The van der Waals surface area contributed by atoms with Crippen molar-refractivity contribution in [3.05, 3.63) is 89.5 Å². The third-order valence-electron chi connectivity index (χ3n) is 6.75. The molecule has 220 valence electrons. The zero-order chi connectivity index (χ0) is 30.2. The highest BCUT2D eigenvalue weighted by molar-refractivity contribution is 7.98. The van der Waals surface area contributed by atoms with Crippen LogP contribution in [0.2, 0.25) is 0 Å². The number of amides is 2. The number of benzene rings is 3. The monoisotopic (exact) mass is 595 g/mol. The summed E-state index contributed by atoms with van der Waals surface area (Å²) < 4.78 is 29.1. The number of aryl methyl sites for hydroxylation is 2. The number of anilines is 1. The van der Waals surface area contributed by atoms with Crippen molar-refractivity contribution in [2.24, 2.45) is 5.92 Å². The van der Waals surface area contributed by atoms with Crippen LogP contribution in [-0.4, -0.2) is 50.5 Å². The van der Waals surface area contributed by atoms with Crippen molar-refractivity contribution in [3.63, 3.8) is 0 Å². The minimum atomic E-state index is -4.10. The van der Waals surface area contributed by atoms with E-state index < -0.39 is 28.5 Å². The molecule has 0 aromatic heterocycles. The van der Waals surface area contributed by atoms with E-state index in [0.29, 0.717) is 18.7 Å². The highest BCUT2D eigenvalue weighted by atomic mass is 32.2. The summed E-state index contributed by atoms with van der Waals surface area (Å²) in [6.07, 6.45) is 2.31. The maximum Gasteiger partial charge on any atom is 0.264 e. The van der Waals surface area contributed by atoms with Gasteiger partial charge in [-0.05, 0) is 74.4 Å². The molecule has 0 unspecified atom stereocenters. The largest absolute Gasteiger partial charge is 0.354 e. The highest BCUT2D eigenvalue weighted by Gasteiger charge is 2.33. The average molecular weight is 596 g/mol. The second-order valence-electron chi connectivity index (χ2n) is 10.6. The lowest BCUT2D eigenvalue weighted by atomic mass is 10.1. The number of hydrogen-bond donors (Lipinski definition) is 1. The molecule has 41 heavy (non-hydrogen) atoms. The molecule has 0 aliphatic carbocycles. The molecule has 0 aliphatic rings. The molecule has 3 rings (SSSR count). The molecule has 0 saturated carbocycles. The average Bonchev–Trinajstić information content (AvgIpc) is 2.95.